The van der Waals surface area contributed by atoms with Crippen LogP contribution in [0.4, 0.5) is 5.82 Å². The fourth-order valence-corrected chi connectivity index (χ4v) is 7.41. The van der Waals surface area contributed by atoms with Gasteiger partial charge >= 0.3 is 0 Å². The van der Waals surface area contributed by atoms with E-state index in [1.165, 1.54) is 5.57 Å². The van der Waals surface area contributed by atoms with Gasteiger partial charge in [0, 0.05) is 61.7 Å². The number of allylic oxidation sites excluding steroid dienone is 3. The van der Waals surface area contributed by atoms with E-state index in [0.717, 1.165) is 78.4 Å². The number of ether oxygens (including phenoxy) is 1. The van der Waals surface area contributed by atoms with E-state index in [4.69, 9.17) is 21.3 Å². The van der Waals surface area contributed by atoms with Crippen LogP contribution in [0.5, 0.6) is 0 Å². The summed E-state index contributed by atoms with van der Waals surface area (Å²) in [5.74, 6) is 7.88. The van der Waals surface area contributed by atoms with Gasteiger partial charge in [0.25, 0.3) is 0 Å². The first kappa shape index (κ1) is 30.1. The van der Waals surface area contributed by atoms with Crippen LogP contribution in [0.25, 0.3) is 17.1 Å². The van der Waals surface area contributed by atoms with E-state index >= 15 is 0 Å². The van der Waals surface area contributed by atoms with E-state index < -0.39 is 9.84 Å². The van der Waals surface area contributed by atoms with E-state index in [2.05, 4.69) is 48.5 Å². The third kappa shape index (κ3) is 6.56. The van der Waals surface area contributed by atoms with Gasteiger partial charge in [0.1, 0.15) is 11.5 Å². The third-order valence-electron chi connectivity index (χ3n) is 8.19. The first-order valence-electron chi connectivity index (χ1n) is 14.3. The number of nitrogens with two attached hydrogens (primary N) is 2. The predicted octanol–water partition coefficient (Wildman–Crippen LogP) is 4.13. The van der Waals surface area contributed by atoms with E-state index in [1.54, 1.807) is 5.01 Å². The number of rotatable bonds is 8. The standard InChI is InChI=1S/C30H46N6O3S/c1-7-20(2)16-25(29(23(5)31)34(6)32)17-27-22(4)26-8-9-28(35-12-15-40(37,38)19-21(35)3)33-30(26)36(27)18-24-10-13-39-14-11-24/h8-9,16-17,21,24H,7,10-15,18-19,31-32H2,1-6H3/b20-16+,25-17+,29-23-. The molecule has 2 aliphatic rings. The summed E-state index contributed by atoms with van der Waals surface area (Å²) in [6.07, 6.45) is 7.28. The molecule has 0 aromatic carbocycles. The molecule has 1 atom stereocenters. The molecule has 2 fully saturated rings. The Bertz CT molecular complexity index is 1430. The third-order valence-corrected chi connectivity index (χ3v) is 9.99. The Morgan fingerprint density at radius 3 is 2.55 bits per heavy atom. The number of anilines is 1. The van der Waals surface area contributed by atoms with Crippen molar-refractivity contribution in [3.8, 4) is 0 Å². The average Bonchev–Trinajstić information content (AvgIpc) is 3.13. The smallest absolute Gasteiger partial charge is 0.154 e. The maximum atomic E-state index is 12.2. The molecule has 0 bridgehead atoms. The molecule has 0 spiro atoms. The van der Waals surface area contributed by atoms with Crippen LogP contribution in [0, 0.1) is 12.8 Å². The molecule has 2 aliphatic heterocycles. The lowest BCUT2D eigenvalue weighted by Gasteiger charge is -2.34. The van der Waals surface area contributed by atoms with Crippen molar-refractivity contribution in [2.45, 2.75) is 66.5 Å². The molecule has 10 heteroatoms. The van der Waals surface area contributed by atoms with E-state index in [1.807, 2.05) is 27.0 Å². The molecular formula is C30H46N6O3S. The second-order valence-electron chi connectivity index (χ2n) is 11.5. The number of pyridine rings is 1. The topological polar surface area (TPSA) is 120 Å². The van der Waals surface area contributed by atoms with Crippen LogP contribution in [0.1, 0.15) is 58.2 Å². The molecule has 2 saturated heterocycles. The lowest BCUT2D eigenvalue weighted by atomic mass is 10.00. The molecule has 0 radical (unpaired) electrons. The summed E-state index contributed by atoms with van der Waals surface area (Å²) in [4.78, 5) is 7.31. The van der Waals surface area contributed by atoms with E-state index in [-0.39, 0.29) is 17.5 Å². The molecule has 220 valence electrons. The monoisotopic (exact) mass is 570 g/mol. The minimum atomic E-state index is -3.02. The van der Waals surface area contributed by atoms with Gasteiger partial charge < -0.3 is 24.9 Å². The highest BCUT2D eigenvalue weighted by atomic mass is 32.2. The average molecular weight is 571 g/mol. The molecule has 2 aromatic heterocycles. The SMILES string of the molecule is CC/C(C)=C/C(=C\c1c(C)c2ccc(N3CCS(=O)(=O)CC3C)nc2n1CC1CCOCC1)C(=C(\C)N)/N(C)N. The fourth-order valence-electron chi connectivity index (χ4n) is 5.85. The van der Waals surface area contributed by atoms with Crippen LogP contribution in [-0.2, 0) is 21.1 Å². The van der Waals surface area contributed by atoms with Gasteiger partial charge in [-0.05, 0) is 76.6 Å². The van der Waals surface area contributed by atoms with Crippen molar-refractivity contribution in [3.63, 3.8) is 0 Å². The number of hydrogen-bond acceptors (Lipinski definition) is 8. The predicted molar refractivity (Wildman–Crippen MR) is 164 cm³/mol. The quantitative estimate of drug-likeness (QED) is 0.276. The highest BCUT2D eigenvalue weighted by molar-refractivity contribution is 7.91. The molecule has 4 heterocycles. The number of likely N-dealkylation sites (N-methyl/N-ethyl adjacent to an activating group) is 1. The molecule has 0 amide bonds. The number of hydrogen-bond donors (Lipinski definition) is 2. The number of fused-ring (bicyclic) bond motifs is 1. The normalized spacial score (nSPS) is 21.6. The minimum absolute atomic E-state index is 0.128. The molecule has 4 N–H and O–H groups in total. The first-order valence-corrected chi connectivity index (χ1v) is 16.1. The largest absolute Gasteiger partial charge is 0.401 e. The first-order chi connectivity index (χ1) is 18.9. The molecule has 0 saturated carbocycles. The summed E-state index contributed by atoms with van der Waals surface area (Å²) in [5, 5.41) is 2.68. The Kier molecular flexibility index (Phi) is 9.32. The van der Waals surface area contributed by atoms with Crippen LogP contribution < -0.4 is 16.5 Å². The van der Waals surface area contributed by atoms with Crippen molar-refractivity contribution in [1.82, 2.24) is 14.6 Å². The summed E-state index contributed by atoms with van der Waals surface area (Å²) in [6.45, 7) is 13.1. The molecule has 9 nitrogen and oxygen atoms in total. The van der Waals surface area contributed by atoms with Crippen LogP contribution in [0.2, 0.25) is 0 Å². The molecule has 2 aromatic rings. The van der Waals surface area contributed by atoms with Gasteiger partial charge in [-0.1, -0.05) is 18.6 Å². The Balaban J connectivity index is 1.92. The van der Waals surface area contributed by atoms with Gasteiger partial charge in [-0.2, -0.15) is 0 Å². The zero-order valence-electron chi connectivity index (χ0n) is 24.9. The maximum Gasteiger partial charge on any atom is 0.154 e. The van der Waals surface area contributed by atoms with Gasteiger partial charge in [0.2, 0.25) is 0 Å². The van der Waals surface area contributed by atoms with Crippen molar-refractivity contribution in [2.75, 3.05) is 43.2 Å². The van der Waals surface area contributed by atoms with E-state index in [0.29, 0.717) is 18.2 Å². The summed E-state index contributed by atoms with van der Waals surface area (Å²) < 4.78 is 32.4. The number of aryl methyl sites for hydroxylation is 1. The van der Waals surface area contributed by atoms with Gasteiger partial charge in [-0.15, -0.1) is 0 Å². The summed E-state index contributed by atoms with van der Waals surface area (Å²) >= 11 is 0. The zero-order valence-corrected chi connectivity index (χ0v) is 25.7. The molecule has 40 heavy (non-hydrogen) atoms. The van der Waals surface area contributed by atoms with Gasteiger partial charge in [-0.3, -0.25) is 0 Å². The van der Waals surface area contributed by atoms with Gasteiger partial charge in [0.15, 0.2) is 9.84 Å². The molecule has 4 rings (SSSR count). The highest BCUT2D eigenvalue weighted by Crippen LogP contribution is 2.33. The number of hydrazine groups is 1. The van der Waals surface area contributed by atoms with Crippen LogP contribution in [-0.4, -0.2) is 67.3 Å². The van der Waals surface area contributed by atoms with Crippen molar-refractivity contribution in [1.29, 1.82) is 0 Å². The zero-order chi connectivity index (χ0) is 29.2. The van der Waals surface area contributed by atoms with Crippen molar-refractivity contribution >= 4 is 32.8 Å². The van der Waals surface area contributed by atoms with Gasteiger partial charge in [0.05, 0.1) is 17.2 Å². The van der Waals surface area contributed by atoms with Gasteiger partial charge in [-0.25, -0.2) is 19.2 Å². The second-order valence-corrected chi connectivity index (χ2v) is 13.7. The number of aromatic nitrogens is 2. The summed E-state index contributed by atoms with van der Waals surface area (Å²) in [7, 11) is -1.21. The van der Waals surface area contributed by atoms with Crippen LogP contribution in [0.3, 0.4) is 0 Å². The fraction of sp³-hybridized carbons (Fsp3) is 0.567. The lowest BCUT2D eigenvalue weighted by molar-refractivity contribution is 0.0615. The molecule has 0 aliphatic carbocycles. The van der Waals surface area contributed by atoms with Crippen LogP contribution >= 0.6 is 0 Å². The highest BCUT2D eigenvalue weighted by Gasteiger charge is 2.30. The Labute approximate surface area is 239 Å². The number of nitrogens with zero attached hydrogens (tertiary/aromatic N) is 4. The Morgan fingerprint density at radius 1 is 1.25 bits per heavy atom. The molecular weight excluding hydrogens is 524 g/mol. The summed E-state index contributed by atoms with van der Waals surface area (Å²) in [6, 6.07) is 4.03. The van der Waals surface area contributed by atoms with Crippen molar-refractivity contribution in [3.05, 3.63) is 52.0 Å². The molecule has 1 unspecified atom stereocenters. The van der Waals surface area contributed by atoms with Crippen molar-refractivity contribution < 1.29 is 13.2 Å². The summed E-state index contributed by atoms with van der Waals surface area (Å²) in [5.41, 5.74) is 13.1. The van der Waals surface area contributed by atoms with Crippen molar-refractivity contribution in [2.24, 2.45) is 17.5 Å². The Morgan fingerprint density at radius 2 is 1.95 bits per heavy atom. The second kappa shape index (κ2) is 12.4. The van der Waals surface area contributed by atoms with Crippen LogP contribution in [0.15, 0.2) is 40.7 Å². The Hall–Kier alpha value is -2.82. The maximum absolute atomic E-state index is 12.2. The minimum Gasteiger partial charge on any atom is -0.401 e. The lowest BCUT2D eigenvalue weighted by Crippen LogP contribution is -2.47. The van der Waals surface area contributed by atoms with E-state index in [9.17, 15) is 8.42 Å². The number of sulfone groups is 1.